The van der Waals surface area contributed by atoms with E-state index in [1.54, 1.807) is 80.6 Å². The highest BCUT2D eigenvalue weighted by molar-refractivity contribution is 14.1. The Hall–Kier alpha value is -2.63. The van der Waals surface area contributed by atoms with Crippen molar-refractivity contribution in [2.45, 2.75) is 31.3 Å². The maximum absolute atomic E-state index is 13.7. The van der Waals surface area contributed by atoms with Gasteiger partial charge in [0.05, 0.1) is 10.6 Å². The van der Waals surface area contributed by atoms with Gasteiger partial charge in [-0.15, -0.1) is 0 Å². The van der Waals surface area contributed by atoms with Crippen LogP contribution in [0.3, 0.4) is 0 Å². The Morgan fingerprint density at radius 2 is 1.67 bits per heavy atom. The Morgan fingerprint density at radius 3 is 2.28 bits per heavy atom. The van der Waals surface area contributed by atoms with Crippen molar-refractivity contribution in [1.82, 2.24) is 10.2 Å². The number of rotatable bonds is 10. The van der Waals surface area contributed by atoms with E-state index in [0.717, 1.165) is 13.4 Å². The van der Waals surface area contributed by atoms with Crippen LogP contribution in [0, 0.1) is 3.57 Å². The zero-order chi connectivity index (χ0) is 26.3. The molecule has 7 nitrogen and oxygen atoms in total. The maximum Gasteiger partial charge on any atom is 0.264 e. The van der Waals surface area contributed by atoms with Crippen molar-refractivity contribution in [2.75, 3.05) is 17.4 Å². The number of halogens is 2. The average Bonchev–Trinajstić information content (AvgIpc) is 2.86. The molecule has 3 aromatic rings. The highest BCUT2D eigenvalue weighted by atomic mass is 127. The van der Waals surface area contributed by atoms with Crippen LogP contribution in [0.5, 0.6) is 0 Å². The summed E-state index contributed by atoms with van der Waals surface area (Å²) in [5.74, 6) is -0.855. The Balaban J connectivity index is 2.01. The smallest absolute Gasteiger partial charge is 0.264 e. The minimum Gasteiger partial charge on any atom is -0.355 e. The number of hydrogen-bond acceptors (Lipinski definition) is 4. The lowest BCUT2D eigenvalue weighted by Gasteiger charge is -2.32. The molecule has 0 fully saturated rings. The van der Waals surface area contributed by atoms with E-state index in [-0.39, 0.29) is 17.3 Å². The number of nitrogens with one attached hydrogen (secondary N) is 1. The van der Waals surface area contributed by atoms with Crippen LogP contribution in [0.2, 0.25) is 5.02 Å². The zero-order valence-electron chi connectivity index (χ0n) is 19.9. The molecule has 0 saturated carbocycles. The number of sulfonamides is 1. The molecule has 1 N–H and O–H groups in total. The second-order valence-corrected chi connectivity index (χ2v) is 11.6. The van der Waals surface area contributed by atoms with Gasteiger partial charge in [-0.2, -0.15) is 0 Å². The summed E-state index contributed by atoms with van der Waals surface area (Å²) in [6.45, 7) is 3.41. The van der Waals surface area contributed by atoms with Crippen molar-refractivity contribution in [3.63, 3.8) is 0 Å². The molecule has 0 aliphatic rings. The van der Waals surface area contributed by atoms with Crippen LogP contribution in [0.25, 0.3) is 0 Å². The maximum atomic E-state index is 13.7. The van der Waals surface area contributed by atoms with Gasteiger partial charge in [-0.1, -0.05) is 41.9 Å². The summed E-state index contributed by atoms with van der Waals surface area (Å²) in [6.07, 6.45) is 0. The van der Waals surface area contributed by atoms with Gasteiger partial charge in [-0.05, 0) is 90.5 Å². The van der Waals surface area contributed by atoms with Gasteiger partial charge in [0, 0.05) is 21.7 Å². The number of carbonyl (C=O) groups is 2. The topological polar surface area (TPSA) is 86.8 Å². The van der Waals surface area contributed by atoms with Crippen LogP contribution < -0.4 is 9.62 Å². The molecular weight excluding hydrogens is 613 g/mol. The summed E-state index contributed by atoms with van der Waals surface area (Å²) < 4.78 is 29.3. The number of benzene rings is 3. The summed E-state index contributed by atoms with van der Waals surface area (Å²) in [7, 11) is -4.07. The molecule has 0 saturated heterocycles. The zero-order valence-corrected chi connectivity index (χ0v) is 23.6. The second kappa shape index (κ2) is 12.6. The van der Waals surface area contributed by atoms with Crippen LogP contribution in [0.4, 0.5) is 5.69 Å². The molecule has 0 aliphatic heterocycles. The van der Waals surface area contributed by atoms with Gasteiger partial charge in [0.1, 0.15) is 12.6 Å². The summed E-state index contributed by atoms with van der Waals surface area (Å²) >= 11 is 8.26. The molecule has 190 valence electrons. The predicted molar refractivity (Wildman–Crippen MR) is 150 cm³/mol. The predicted octanol–water partition coefficient (Wildman–Crippen LogP) is 4.69. The van der Waals surface area contributed by atoms with Gasteiger partial charge >= 0.3 is 0 Å². The number of carbonyl (C=O) groups excluding carboxylic acids is 2. The van der Waals surface area contributed by atoms with Gasteiger partial charge in [0.25, 0.3) is 10.0 Å². The van der Waals surface area contributed by atoms with E-state index in [1.807, 2.05) is 0 Å². The summed E-state index contributed by atoms with van der Waals surface area (Å²) in [6, 6.07) is 21.0. The van der Waals surface area contributed by atoms with Gasteiger partial charge in [0.2, 0.25) is 11.8 Å². The van der Waals surface area contributed by atoms with E-state index in [4.69, 9.17) is 11.6 Å². The fourth-order valence-corrected chi connectivity index (χ4v) is 5.60. The van der Waals surface area contributed by atoms with Gasteiger partial charge < -0.3 is 10.2 Å². The lowest BCUT2D eigenvalue weighted by molar-refractivity contribution is -0.139. The first-order chi connectivity index (χ1) is 17.1. The van der Waals surface area contributed by atoms with E-state index >= 15 is 0 Å². The van der Waals surface area contributed by atoms with Crippen LogP contribution in [-0.2, 0) is 26.2 Å². The third kappa shape index (κ3) is 6.98. The molecule has 0 bridgehead atoms. The summed E-state index contributed by atoms with van der Waals surface area (Å²) in [5.41, 5.74) is 1.07. The molecule has 3 rings (SSSR count). The molecule has 0 spiro atoms. The number of anilines is 1. The first-order valence-corrected chi connectivity index (χ1v) is 14.2. The number of amides is 2. The van der Waals surface area contributed by atoms with Crippen LogP contribution in [0.15, 0.2) is 83.8 Å². The molecule has 3 aromatic carbocycles. The quantitative estimate of drug-likeness (QED) is 0.326. The minimum absolute atomic E-state index is 0.0644. The first-order valence-electron chi connectivity index (χ1n) is 11.3. The molecule has 0 heterocycles. The monoisotopic (exact) mass is 639 g/mol. The van der Waals surface area contributed by atoms with Crippen LogP contribution in [0.1, 0.15) is 19.4 Å². The van der Waals surface area contributed by atoms with Gasteiger partial charge in [-0.3, -0.25) is 13.9 Å². The van der Waals surface area contributed by atoms with E-state index < -0.39 is 28.5 Å². The van der Waals surface area contributed by atoms with E-state index in [2.05, 4.69) is 27.9 Å². The van der Waals surface area contributed by atoms with E-state index in [0.29, 0.717) is 17.3 Å². The first kappa shape index (κ1) is 27.9. The SMILES string of the molecule is CCNC(=O)C(C)N(Cc1cccc(Cl)c1)C(=O)CN(c1ccc(I)cc1)S(=O)(=O)c1ccccc1. The molecule has 1 unspecified atom stereocenters. The highest BCUT2D eigenvalue weighted by Crippen LogP contribution is 2.25. The molecule has 0 aromatic heterocycles. The Bertz CT molecular complexity index is 1300. The number of likely N-dealkylation sites (N-methyl/N-ethyl adjacent to an activating group) is 1. The lowest BCUT2D eigenvalue weighted by Crippen LogP contribution is -2.51. The van der Waals surface area contributed by atoms with Crippen molar-refractivity contribution in [2.24, 2.45) is 0 Å². The fourth-order valence-electron chi connectivity index (χ4n) is 3.59. The molecule has 1 atom stereocenters. The second-order valence-electron chi connectivity index (χ2n) is 8.02. The summed E-state index contributed by atoms with van der Waals surface area (Å²) in [4.78, 5) is 27.8. The molecule has 0 radical (unpaired) electrons. The largest absolute Gasteiger partial charge is 0.355 e. The van der Waals surface area contributed by atoms with Crippen LogP contribution >= 0.6 is 34.2 Å². The third-order valence-corrected chi connectivity index (χ3v) is 8.23. The Labute approximate surface area is 230 Å². The molecule has 36 heavy (non-hydrogen) atoms. The van der Waals surface area contributed by atoms with Crippen molar-refractivity contribution in [1.29, 1.82) is 0 Å². The molecule has 2 amide bonds. The Morgan fingerprint density at radius 1 is 1.00 bits per heavy atom. The van der Waals surface area contributed by atoms with Crippen molar-refractivity contribution in [3.8, 4) is 0 Å². The summed E-state index contributed by atoms with van der Waals surface area (Å²) in [5, 5.41) is 3.23. The third-order valence-electron chi connectivity index (χ3n) is 5.48. The lowest BCUT2D eigenvalue weighted by atomic mass is 10.1. The van der Waals surface area contributed by atoms with Gasteiger partial charge in [0.15, 0.2) is 0 Å². The molecule has 0 aliphatic carbocycles. The standard InChI is InChI=1S/C26H27ClIN3O4S/c1-3-29-26(33)19(2)30(17-20-8-7-9-21(27)16-20)25(32)18-31(23-14-12-22(28)13-15-23)36(34,35)24-10-5-4-6-11-24/h4-16,19H,3,17-18H2,1-2H3,(H,29,33). The molecule has 10 heteroatoms. The fraction of sp³-hybridized carbons (Fsp3) is 0.231. The Kier molecular flexibility index (Phi) is 9.75. The van der Waals surface area contributed by atoms with Crippen molar-refractivity contribution < 1.29 is 18.0 Å². The average molecular weight is 640 g/mol. The molecular formula is C26H27ClIN3O4S. The van der Waals surface area contributed by atoms with E-state index in [1.165, 1.54) is 17.0 Å². The number of nitrogens with zero attached hydrogens (tertiary/aromatic N) is 2. The minimum atomic E-state index is -4.07. The van der Waals surface area contributed by atoms with Crippen molar-refractivity contribution >= 4 is 61.7 Å². The van der Waals surface area contributed by atoms with Gasteiger partial charge in [-0.25, -0.2) is 8.42 Å². The highest BCUT2D eigenvalue weighted by Gasteiger charge is 2.32. The number of hydrogen-bond donors (Lipinski definition) is 1. The van der Waals surface area contributed by atoms with E-state index in [9.17, 15) is 18.0 Å². The van der Waals surface area contributed by atoms with Crippen LogP contribution in [-0.4, -0.2) is 44.3 Å². The van der Waals surface area contributed by atoms with Crippen molar-refractivity contribution in [3.05, 3.63) is 93.0 Å². The normalized spacial score (nSPS) is 12.0.